The zero-order chi connectivity index (χ0) is 21.4. The molecule has 0 unspecified atom stereocenters. The van der Waals surface area contributed by atoms with Gasteiger partial charge in [0.1, 0.15) is 17.2 Å². The number of anilines is 1. The highest BCUT2D eigenvalue weighted by Gasteiger charge is 2.29. The number of aromatic amines is 1. The van der Waals surface area contributed by atoms with Crippen LogP contribution in [0.15, 0.2) is 42.5 Å². The molecule has 3 aromatic rings. The minimum absolute atomic E-state index is 0.0418. The van der Waals surface area contributed by atoms with Crippen LogP contribution in [0.2, 0.25) is 0 Å². The van der Waals surface area contributed by atoms with E-state index in [1.807, 2.05) is 29.2 Å². The number of H-pyrrole nitrogens is 1. The number of carbonyl (C=O) groups excluding carboxylic acids is 1. The molecule has 1 amide bonds. The van der Waals surface area contributed by atoms with Crippen molar-refractivity contribution >= 4 is 11.6 Å². The monoisotopic (exact) mass is 418 g/mol. The van der Waals surface area contributed by atoms with E-state index in [-0.39, 0.29) is 5.91 Å². The molecule has 7 nitrogen and oxygen atoms in total. The van der Waals surface area contributed by atoms with E-state index in [1.54, 1.807) is 14.2 Å². The third kappa shape index (κ3) is 3.50. The highest BCUT2D eigenvalue weighted by molar-refractivity contribution is 5.96. The number of hydrogen-bond donors (Lipinski definition) is 1. The molecule has 31 heavy (non-hydrogen) atoms. The minimum atomic E-state index is 0.0418. The molecule has 160 valence electrons. The van der Waals surface area contributed by atoms with Crippen LogP contribution in [-0.2, 0) is 12.8 Å². The van der Waals surface area contributed by atoms with Gasteiger partial charge in [-0.25, -0.2) is 0 Å². The number of rotatable bonds is 4. The molecule has 1 aliphatic heterocycles. The van der Waals surface area contributed by atoms with Crippen molar-refractivity contribution < 1.29 is 14.3 Å². The van der Waals surface area contributed by atoms with Gasteiger partial charge in [-0.2, -0.15) is 5.10 Å². The topological polar surface area (TPSA) is 70.7 Å². The van der Waals surface area contributed by atoms with Gasteiger partial charge in [0.05, 0.1) is 19.9 Å². The first-order valence-corrected chi connectivity index (χ1v) is 10.6. The summed E-state index contributed by atoms with van der Waals surface area (Å²) in [5, 5.41) is 7.55. The van der Waals surface area contributed by atoms with Crippen molar-refractivity contribution in [3.63, 3.8) is 0 Å². The predicted molar refractivity (Wildman–Crippen MR) is 119 cm³/mol. The number of ether oxygens (including phenoxy) is 2. The van der Waals surface area contributed by atoms with Gasteiger partial charge in [0.25, 0.3) is 5.91 Å². The Morgan fingerprint density at radius 3 is 2.35 bits per heavy atom. The maximum absolute atomic E-state index is 13.3. The highest BCUT2D eigenvalue weighted by Crippen LogP contribution is 2.36. The third-order valence-corrected chi connectivity index (χ3v) is 6.30. The summed E-state index contributed by atoms with van der Waals surface area (Å²) >= 11 is 0. The van der Waals surface area contributed by atoms with E-state index in [0.29, 0.717) is 18.8 Å². The Labute approximate surface area is 181 Å². The number of aromatic nitrogens is 2. The van der Waals surface area contributed by atoms with Crippen LogP contribution in [0.1, 0.15) is 21.6 Å². The number of amides is 1. The number of nitrogens with zero attached hydrogens (tertiary/aromatic N) is 3. The highest BCUT2D eigenvalue weighted by atomic mass is 16.5. The van der Waals surface area contributed by atoms with Crippen molar-refractivity contribution in [2.75, 3.05) is 45.3 Å². The summed E-state index contributed by atoms with van der Waals surface area (Å²) in [6, 6.07) is 14.1. The number of methoxy groups -OCH3 is 2. The second-order valence-electron chi connectivity index (χ2n) is 7.93. The predicted octanol–water partition coefficient (Wildman–Crippen LogP) is 3.15. The standard InChI is InChI=1S/C24H26N4O3/c1-30-18-6-4-17(5-7-18)27-11-13-28(14-12-27)24(29)23-21-9-3-16-15-19(31-2)8-10-20(16)22(21)25-26-23/h4-8,10,15H,3,9,11-14H2,1-2H3,(H,25,26). The lowest BCUT2D eigenvalue weighted by Crippen LogP contribution is -2.49. The Bertz CT molecular complexity index is 1100. The number of carbonyl (C=O) groups is 1. The van der Waals surface area contributed by atoms with Crippen molar-refractivity contribution in [3.8, 4) is 22.8 Å². The van der Waals surface area contributed by atoms with Crippen molar-refractivity contribution in [1.82, 2.24) is 15.1 Å². The number of nitrogens with one attached hydrogen (secondary N) is 1. The van der Waals surface area contributed by atoms with Crippen molar-refractivity contribution in [1.29, 1.82) is 0 Å². The lowest BCUT2D eigenvalue weighted by Gasteiger charge is -2.36. The van der Waals surface area contributed by atoms with Crippen LogP contribution in [0, 0.1) is 0 Å². The van der Waals surface area contributed by atoms with Crippen molar-refractivity contribution in [2.45, 2.75) is 12.8 Å². The molecule has 2 heterocycles. The number of aryl methyl sites for hydroxylation is 1. The van der Waals surface area contributed by atoms with Gasteiger partial charge in [-0.15, -0.1) is 0 Å². The Morgan fingerprint density at radius 1 is 0.935 bits per heavy atom. The van der Waals surface area contributed by atoms with Crippen molar-refractivity contribution in [3.05, 3.63) is 59.3 Å². The van der Waals surface area contributed by atoms with Gasteiger partial charge in [0, 0.05) is 43.0 Å². The zero-order valence-corrected chi connectivity index (χ0v) is 17.9. The van der Waals surface area contributed by atoms with Crippen LogP contribution in [-0.4, -0.2) is 61.4 Å². The summed E-state index contributed by atoms with van der Waals surface area (Å²) in [6.07, 6.45) is 1.68. The Balaban J connectivity index is 1.30. The van der Waals surface area contributed by atoms with E-state index < -0.39 is 0 Å². The summed E-state index contributed by atoms with van der Waals surface area (Å²) in [4.78, 5) is 17.5. The molecule has 1 fully saturated rings. The summed E-state index contributed by atoms with van der Waals surface area (Å²) in [7, 11) is 3.35. The molecule has 0 saturated carbocycles. The maximum Gasteiger partial charge on any atom is 0.272 e. The molecule has 2 aromatic carbocycles. The quantitative estimate of drug-likeness (QED) is 0.705. The average molecular weight is 418 g/mol. The average Bonchev–Trinajstić information content (AvgIpc) is 3.28. The van der Waals surface area contributed by atoms with Crippen LogP contribution in [0.3, 0.4) is 0 Å². The molecular weight excluding hydrogens is 392 g/mol. The second-order valence-corrected chi connectivity index (χ2v) is 7.93. The maximum atomic E-state index is 13.3. The van der Waals surface area contributed by atoms with E-state index in [9.17, 15) is 4.79 Å². The number of piperazine rings is 1. The summed E-state index contributed by atoms with van der Waals surface area (Å²) in [5.74, 6) is 1.74. The first-order chi connectivity index (χ1) is 15.2. The lowest BCUT2D eigenvalue weighted by atomic mass is 9.88. The van der Waals surface area contributed by atoms with Gasteiger partial charge >= 0.3 is 0 Å². The fraction of sp³-hybridized carbons (Fsp3) is 0.333. The van der Waals surface area contributed by atoms with Gasteiger partial charge in [0.15, 0.2) is 0 Å². The fourth-order valence-corrected chi connectivity index (χ4v) is 4.52. The third-order valence-electron chi connectivity index (χ3n) is 6.30. The molecule has 2 aliphatic rings. The van der Waals surface area contributed by atoms with Gasteiger partial charge < -0.3 is 19.3 Å². The molecule has 0 spiro atoms. The Hall–Kier alpha value is -3.48. The minimum Gasteiger partial charge on any atom is -0.497 e. The zero-order valence-electron chi connectivity index (χ0n) is 17.9. The van der Waals surface area contributed by atoms with Crippen molar-refractivity contribution in [2.24, 2.45) is 0 Å². The fourth-order valence-electron chi connectivity index (χ4n) is 4.52. The first kappa shape index (κ1) is 19.5. The van der Waals surface area contributed by atoms with Gasteiger partial charge in [-0.1, -0.05) is 0 Å². The molecule has 1 aromatic heterocycles. The van der Waals surface area contributed by atoms with E-state index in [4.69, 9.17) is 9.47 Å². The summed E-state index contributed by atoms with van der Waals surface area (Å²) in [5.41, 5.74) is 6.00. The van der Waals surface area contributed by atoms with Gasteiger partial charge in [-0.05, 0) is 60.9 Å². The normalized spacial score (nSPS) is 15.3. The summed E-state index contributed by atoms with van der Waals surface area (Å²) < 4.78 is 10.6. The van der Waals surface area contributed by atoms with E-state index in [0.717, 1.165) is 59.9 Å². The first-order valence-electron chi connectivity index (χ1n) is 10.6. The second kappa shape index (κ2) is 7.98. The van der Waals surface area contributed by atoms with Gasteiger partial charge in [0.2, 0.25) is 0 Å². The molecule has 1 saturated heterocycles. The molecular formula is C24H26N4O3. The van der Waals surface area contributed by atoms with Crippen LogP contribution >= 0.6 is 0 Å². The largest absolute Gasteiger partial charge is 0.497 e. The van der Waals surface area contributed by atoms with Crippen LogP contribution in [0.25, 0.3) is 11.3 Å². The van der Waals surface area contributed by atoms with Crippen LogP contribution in [0.4, 0.5) is 5.69 Å². The lowest BCUT2D eigenvalue weighted by molar-refractivity contribution is 0.0739. The number of benzene rings is 2. The molecule has 0 atom stereocenters. The molecule has 7 heteroatoms. The van der Waals surface area contributed by atoms with Crippen LogP contribution in [0.5, 0.6) is 11.5 Å². The smallest absolute Gasteiger partial charge is 0.272 e. The van der Waals surface area contributed by atoms with Crippen LogP contribution < -0.4 is 14.4 Å². The van der Waals surface area contributed by atoms with E-state index >= 15 is 0 Å². The molecule has 1 N–H and O–H groups in total. The number of fused-ring (bicyclic) bond motifs is 3. The van der Waals surface area contributed by atoms with E-state index in [2.05, 4.69) is 33.3 Å². The molecule has 5 rings (SSSR count). The van der Waals surface area contributed by atoms with Gasteiger partial charge in [-0.3, -0.25) is 9.89 Å². The van der Waals surface area contributed by atoms with E-state index in [1.165, 1.54) is 5.56 Å². The number of hydrogen-bond acceptors (Lipinski definition) is 5. The summed E-state index contributed by atoms with van der Waals surface area (Å²) in [6.45, 7) is 2.98. The molecule has 0 radical (unpaired) electrons. The Kier molecular flexibility index (Phi) is 5.02. The molecule has 0 bridgehead atoms. The Morgan fingerprint density at radius 2 is 1.65 bits per heavy atom. The molecule has 1 aliphatic carbocycles. The SMILES string of the molecule is COc1ccc(N2CCN(C(=O)c3[nH]nc4c3CCc3cc(OC)ccc3-4)CC2)cc1.